The molecule has 1 heterocycles. The summed E-state index contributed by atoms with van der Waals surface area (Å²) >= 11 is 12.6. The van der Waals surface area contributed by atoms with Gasteiger partial charge in [-0.1, -0.05) is 41.8 Å². The van der Waals surface area contributed by atoms with E-state index >= 15 is 0 Å². The van der Waals surface area contributed by atoms with Gasteiger partial charge in [0.05, 0.1) is 36.6 Å². The smallest absolute Gasteiger partial charge is 0.325 e. The molecule has 0 spiro atoms. The zero-order valence-corrected chi connectivity index (χ0v) is 23.5. The van der Waals surface area contributed by atoms with E-state index in [1.54, 1.807) is 30.3 Å². The van der Waals surface area contributed by atoms with Gasteiger partial charge in [-0.05, 0) is 55.2 Å². The van der Waals surface area contributed by atoms with Crippen molar-refractivity contribution in [1.29, 1.82) is 0 Å². The number of hydrogen-bond donors (Lipinski definition) is 3. The number of anilines is 1. The van der Waals surface area contributed by atoms with Gasteiger partial charge in [0.2, 0.25) is 0 Å². The van der Waals surface area contributed by atoms with E-state index in [-0.39, 0.29) is 36.7 Å². The topological polar surface area (TPSA) is 121 Å². The zero-order valence-electron chi connectivity index (χ0n) is 21.1. The molecule has 3 unspecified atom stereocenters. The van der Waals surface area contributed by atoms with Crippen molar-refractivity contribution in [1.82, 2.24) is 5.32 Å². The molecule has 4 rings (SSSR count). The Bertz CT molecular complexity index is 1210. The van der Waals surface area contributed by atoms with Crippen LogP contribution in [-0.2, 0) is 14.1 Å². The summed E-state index contributed by atoms with van der Waals surface area (Å²) in [7, 11) is -2.40. The monoisotopic (exact) mass is 583 g/mol. The summed E-state index contributed by atoms with van der Waals surface area (Å²) in [5.41, 5.74) is 2.03. The molecule has 3 N–H and O–H groups in total. The van der Waals surface area contributed by atoms with Crippen molar-refractivity contribution in [2.45, 2.75) is 44.2 Å². The van der Waals surface area contributed by atoms with E-state index in [2.05, 4.69) is 5.32 Å². The minimum Gasteiger partial charge on any atom is -0.497 e. The van der Waals surface area contributed by atoms with Crippen LogP contribution in [0.4, 0.5) is 5.69 Å². The highest BCUT2D eigenvalue weighted by Gasteiger charge is 2.36. The number of carbonyl (C=O) groups excluding carboxylic acids is 1. The lowest BCUT2D eigenvalue weighted by atomic mass is 10.00. The number of benzene rings is 2. The van der Waals surface area contributed by atoms with Crippen molar-refractivity contribution in [3.8, 4) is 5.75 Å². The van der Waals surface area contributed by atoms with Crippen LogP contribution in [-0.4, -0.2) is 53.9 Å². The Balaban J connectivity index is 1.44. The number of amides is 1. The Labute approximate surface area is 232 Å². The first-order valence-electron chi connectivity index (χ1n) is 12.5. The molecule has 2 aromatic carbocycles. The molecule has 1 fully saturated rings. The quantitative estimate of drug-likeness (QED) is 0.246. The van der Waals surface area contributed by atoms with Crippen molar-refractivity contribution in [2.24, 2.45) is 11.0 Å². The van der Waals surface area contributed by atoms with E-state index in [1.165, 1.54) is 0 Å². The number of methoxy groups -OCH3 is 1. The fourth-order valence-electron chi connectivity index (χ4n) is 4.91. The molecular weight excluding hydrogens is 552 g/mol. The average Bonchev–Trinajstić information content (AvgIpc) is 3.50. The van der Waals surface area contributed by atoms with Crippen molar-refractivity contribution in [3.63, 3.8) is 0 Å². The van der Waals surface area contributed by atoms with Gasteiger partial charge in [0, 0.05) is 30.0 Å². The van der Waals surface area contributed by atoms with Crippen LogP contribution in [0.5, 0.6) is 5.75 Å². The maximum atomic E-state index is 13.4. The third-order valence-corrected chi connectivity index (χ3v) is 8.31. The Morgan fingerprint density at radius 2 is 1.95 bits per heavy atom. The van der Waals surface area contributed by atoms with Gasteiger partial charge >= 0.3 is 7.60 Å². The summed E-state index contributed by atoms with van der Waals surface area (Å²) in [4.78, 5) is 31.3. The lowest BCUT2D eigenvalue weighted by Gasteiger charge is -2.25. The first kappa shape index (κ1) is 28.9. The number of hydrogen-bond acceptors (Lipinski definition) is 6. The molecule has 0 radical (unpaired) electrons. The Morgan fingerprint density at radius 3 is 2.63 bits per heavy atom. The van der Waals surface area contributed by atoms with Gasteiger partial charge < -0.3 is 24.6 Å². The highest BCUT2D eigenvalue weighted by atomic mass is 35.5. The molecule has 9 nitrogen and oxygen atoms in total. The summed E-state index contributed by atoms with van der Waals surface area (Å²) in [6.07, 6.45) is 3.21. The van der Waals surface area contributed by atoms with E-state index in [0.29, 0.717) is 40.9 Å². The molecule has 206 valence electrons. The zero-order chi connectivity index (χ0) is 27.3. The van der Waals surface area contributed by atoms with E-state index in [4.69, 9.17) is 47.6 Å². The van der Waals surface area contributed by atoms with Crippen LogP contribution in [0.15, 0.2) is 47.6 Å². The standard InChI is InChI=1S/C26H32Cl2N3O6P/c1-36-20-9-6-17(7-10-20)25-15-23(30-31(25)24-11-8-19(27)14-21(24)28)26(32)29-22-5-2-4-18(22)16-37-12-3-13-38(33,34)35/h6-11,14,18,22,25H,2-5,12-13,15-16H2,1H3,(H,29,32)(H2,33,34,35). The number of hydrazone groups is 1. The van der Waals surface area contributed by atoms with Gasteiger partial charge in [-0.15, -0.1) is 0 Å². The third-order valence-electron chi connectivity index (χ3n) is 6.88. The number of ether oxygens (including phenoxy) is 2. The molecule has 1 amide bonds. The van der Waals surface area contributed by atoms with Crippen molar-refractivity contribution in [2.75, 3.05) is 31.5 Å². The fraction of sp³-hybridized carbons (Fsp3) is 0.462. The van der Waals surface area contributed by atoms with Gasteiger partial charge in [-0.2, -0.15) is 5.10 Å². The maximum absolute atomic E-state index is 13.4. The van der Waals surface area contributed by atoms with Crippen LogP contribution < -0.4 is 15.1 Å². The Hall–Kier alpha value is -2.13. The number of carbonyl (C=O) groups is 1. The van der Waals surface area contributed by atoms with Crippen LogP contribution in [0.1, 0.15) is 43.7 Å². The fourth-order valence-corrected chi connectivity index (χ4v) is 5.94. The third kappa shape index (κ3) is 7.50. The highest BCUT2D eigenvalue weighted by molar-refractivity contribution is 7.51. The highest BCUT2D eigenvalue weighted by Crippen LogP contribution is 2.40. The van der Waals surface area contributed by atoms with Crippen LogP contribution in [0.25, 0.3) is 0 Å². The molecular formula is C26H32Cl2N3O6P. The largest absolute Gasteiger partial charge is 0.497 e. The summed E-state index contributed by atoms with van der Waals surface area (Å²) in [6.45, 7) is 0.703. The molecule has 38 heavy (non-hydrogen) atoms. The lowest BCUT2D eigenvalue weighted by molar-refractivity contribution is -0.115. The number of nitrogens with zero attached hydrogens (tertiary/aromatic N) is 2. The average molecular weight is 584 g/mol. The number of nitrogens with one attached hydrogen (secondary N) is 1. The maximum Gasteiger partial charge on any atom is 0.325 e. The molecule has 1 saturated carbocycles. The summed E-state index contributed by atoms with van der Waals surface area (Å²) in [6, 6.07) is 12.5. The first-order valence-corrected chi connectivity index (χ1v) is 15.1. The van der Waals surface area contributed by atoms with Gasteiger partial charge in [-0.3, -0.25) is 14.4 Å². The second kappa shape index (κ2) is 12.8. The van der Waals surface area contributed by atoms with Crippen LogP contribution in [0.3, 0.4) is 0 Å². The predicted molar refractivity (Wildman–Crippen MR) is 148 cm³/mol. The van der Waals surface area contributed by atoms with Crippen molar-refractivity contribution >= 4 is 48.1 Å². The van der Waals surface area contributed by atoms with Gasteiger partial charge in [-0.25, -0.2) is 0 Å². The Morgan fingerprint density at radius 1 is 1.18 bits per heavy atom. The van der Waals surface area contributed by atoms with E-state index in [9.17, 15) is 9.36 Å². The predicted octanol–water partition coefficient (Wildman–Crippen LogP) is 5.18. The van der Waals surface area contributed by atoms with Crippen LogP contribution in [0.2, 0.25) is 10.0 Å². The molecule has 3 atom stereocenters. The molecule has 12 heteroatoms. The normalized spacial score (nSPS) is 21.4. The summed E-state index contributed by atoms with van der Waals surface area (Å²) in [5.74, 6) is 0.641. The molecule has 0 bridgehead atoms. The van der Waals surface area contributed by atoms with E-state index in [1.807, 2.05) is 24.3 Å². The summed E-state index contributed by atoms with van der Waals surface area (Å²) in [5, 5.41) is 10.6. The molecule has 1 aliphatic carbocycles. The molecule has 0 saturated heterocycles. The minimum absolute atomic E-state index is 0.0559. The van der Waals surface area contributed by atoms with Crippen LogP contribution in [0, 0.1) is 5.92 Å². The van der Waals surface area contributed by atoms with Crippen molar-refractivity contribution < 1.29 is 28.6 Å². The van der Waals surface area contributed by atoms with Gasteiger partial charge in [0.1, 0.15) is 11.5 Å². The first-order chi connectivity index (χ1) is 18.1. The Kier molecular flexibility index (Phi) is 9.74. The number of halogens is 2. The minimum atomic E-state index is -4.01. The summed E-state index contributed by atoms with van der Waals surface area (Å²) < 4.78 is 22.0. The van der Waals surface area contributed by atoms with Gasteiger partial charge in [0.15, 0.2) is 0 Å². The van der Waals surface area contributed by atoms with E-state index in [0.717, 1.165) is 30.6 Å². The second-order valence-corrected chi connectivity index (χ2v) is 12.2. The van der Waals surface area contributed by atoms with E-state index < -0.39 is 7.60 Å². The van der Waals surface area contributed by atoms with Gasteiger partial charge in [0.25, 0.3) is 5.91 Å². The molecule has 2 aromatic rings. The van der Waals surface area contributed by atoms with Crippen LogP contribution >= 0.6 is 30.8 Å². The molecule has 0 aromatic heterocycles. The molecule has 2 aliphatic rings. The number of rotatable bonds is 11. The second-order valence-electron chi connectivity index (χ2n) is 9.57. The van der Waals surface area contributed by atoms with Crippen molar-refractivity contribution in [3.05, 3.63) is 58.1 Å². The molecule has 1 aliphatic heterocycles. The SMILES string of the molecule is COc1ccc(C2CC(C(=O)NC3CCCC3COCCCP(=O)(O)O)=NN2c2ccc(Cl)cc2Cl)cc1. The lowest BCUT2D eigenvalue weighted by Crippen LogP contribution is -2.42.